The van der Waals surface area contributed by atoms with Crippen LogP contribution in [0.2, 0.25) is 0 Å². The number of nitrogens with zero attached hydrogens (tertiary/aromatic N) is 2. The van der Waals surface area contributed by atoms with Crippen molar-refractivity contribution in [2.45, 2.75) is 13.8 Å². The van der Waals surface area contributed by atoms with E-state index in [-0.39, 0.29) is 17.6 Å². The highest BCUT2D eigenvalue weighted by molar-refractivity contribution is 6.06. The molecule has 3 aromatic rings. The Morgan fingerprint density at radius 3 is 2.52 bits per heavy atom. The van der Waals surface area contributed by atoms with E-state index in [0.717, 1.165) is 11.3 Å². The number of aromatic nitrogens is 2. The molecule has 7 heteroatoms. The Kier molecular flexibility index (Phi) is 4.38. The third kappa shape index (κ3) is 3.45. The van der Waals surface area contributed by atoms with Gasteiger partial charge in [-0.05, 0) is 44.2 Å². The van der Waals surface area contributed by atoms with E-state index in [9.17, 15) is 9.59 Å². The highest BCUT2D eigenvalue weighted by Gasteiger charge is 2.15. The topological polar surface area (TPSA) is 89.2 Å². The Bertz CT molecular complexity index is 926. The number of carbonyl (C=O) groups excluding carboxylic acids is 2. The van der Waals surface area contributed by atoms with Gasteiger partial charge in [0.05, 0.1) is 12.0 Å². The average Bonchev–Trinajstić information content (AvgIpc) is 3.20. The molecule has 0 aliphatic rings. The van der Waals surface area contributed by atoms with Gasteiger partial charge in [0.15, 0.2) is 5.76 Å². The fraction of sp³-hybridized carbons (Fsp3) is 0.167. The molecule has 1 aromatic carbocycles. The van der Waals surface area contributed by atoms with Crippen LogP contribution in [-0.2, 0) is 7.05 Å². The molecule has 128 valence electrons. The molecular weight excluding hydrogens is 320 g/mol. The number of furan rings is 1. The molecule has 0 fully saturated rings. The molecular formula is C18H18N4O3. The van der Waals surface area contributed by atoms with Gasteiger partial charge in [-0.15, -0.1) is 0 Å². The lowest BCUT2D eigenvalue weighted by atomic mass is 10.1. The third-order valence-corrected chi connectivity index (χ3v) is 3.88. The van der Waals surface area contributed by atoms with Gasteiger partial charge in [-0.1, -0.05) is 6.07 Å². The van der Waals surface area contributed by atoms with Gasteiger partial charge >= 0.3 is 0 Å². The van der Waals surface area contributed by atoms with Gasteiger partial charge in [0.1, 0.15) is 5.82 Å². The van der Waals surface area contributed by atoms with Crippen molar-refractivity contribution in [2.75, 3.05) is 10.6 Å². The number of benzene rings is 1. The van der Waals surface area contributed by atoms with Gasteiger partial charge in [0, 0.05) is 23.9 Å². The molecule has 0 aliphatic heterocycles. The maximum atomic E-state index is 12.5. The maximum Gasteiger partial charge on any atom is 0.291 e. The Labute approximate surface area is 144 Å². The molecule has 2 N–H and O–H groups in total. The lowest BCUT2D eigenvalue weighted by Gasteiger charge is -2.09. The van der Waals surface area contributed by atoms with Crippen molar-refractivity contribution in [3.8, 4) is 0 Å². The zero-order valence-electron chi connectivity index (χ0n) is 14.2. The minimum absolute atomic E-state index is 0.204. The van der Waals surface area contributed by atoms with Crippen LogP contribution in [0.3, 0.4) is 0 Å². The van der Waals surface area contributed by atoms with Crippen molar-refractivity contribution in [2.24, 2.45) is 7.05 Å². The first-order chi connectivity index (χ1) is 12.0. The smallest absolute Gasteiger partial charge is 0.291 e. The number of amides is 2. The Morgan fingerprint density at radius 2 is 1.88 bits per heavy atom. The van der Waals surface area contributed by atoms with Crippen LogP contribution in [0, 0.1) is 13.8 Å². The second kappa shape index (κ2) is 6.64. The normalized spacial score (nSPS) is 10.5. The van der Waals surface area contributed by atoms with Gasteiger partial charge in [0.25, 0.3) is 11.8 Å². The number of hydrogen-bond acceptors (Lipinski definition) is 4. The fourth-order valence-electron chi connectivity index (χ4n) is 2.46. The van der Waals surface area contributed by atoms with Crippen LogP contribution in [-0.4, -0.2) is 21.6 Å². The molecule has 0 atom stereocenters. The molecule has 0 spiro atoms. The van der Waals surface area contributed by atoms with Crippen molar-refractivity contribution in [1.82, 2.24) is 9.78 Å². The molecule has 7 nitrogen and oxygen atoms in total. The number of aryl methyl sites for hydroxylation is 2. The summed E-state index contributed by atoms with van der Waals surface area (Å²) >= 11 is 0. The molecule has 0 unspecified atom stereocenters. The summed E-state index contributed by atoms with van der Waals surface area (Å²) in [6, 6.07) is 9.90. The average molecular weight is 338 g/mol. The molecule has 3 rings (SSSR count). The van der Waals surface area contributed by atoms with Crippen molar-refractivity contribution in [1.29, 1.82) is 0 Å². The summed E-state index contributed by atoms with van der Waals surface area (Å²) in [7, 11) is 1.77. The van der Waals surface area contributed by atoms with Crippen LogP contribution >= 0.6 is 0 Å². The highest BCUT2D eigenvalue weighted by atomic mass is 16.3. The number of nitrogens with one attached hydrogen (secondary N) is 2. The molecule has 2 heterocycles. The summed E-state index contributed by atoms with van der Waals surface area (Å²) in [5.41, 5.74) is 2.71. The zero-order valence-corrected chi connectivity index (χ0v) is 14.2. The van der Waals surface area contributed by atoms with Crippen LogP contribution in [0.25, 0.3) is 0 Å². The second-order valence-corrected chi connectivity index (χ2v) is 5.65. The van der Waals surface area contributed by atoms with E-state index in [1.807, 2.05) is 13.8 Å². The van der Waals surface area contributed by atoms with Crippen molar-refractivity contribution < 1.29 is 14.0 Å². The van der Waals surface area contributed by atoms with Gasteiger partial charge in [0.2, 0.25) is 0 Å². The van der Waals surface area contributed by atoms with Crippen LogP contribution in [0.5, 0.6) is 0 Å². The summed E-state index contributed by atoms with van der Waals surface area (Å²) in [5, 5.41) is 9.83. The molecule has 2 amide bonds. The third-order valence-electron chi connectivity index (χ3n) is 3.88. The van der Waals surface area contributed by atoms with E-state index in [0.29, 0.717) is 17.1 Å². The van der Waals surface area contributed by atoms with E-state index in [4.69, 9.17) is 4.42 Å². The second-order valence-electron chi connectivity index (χ2n) is 5.65. The number of carbonyl (C=O) groups is 2. The first-order valence-electron chi connectivity index (χ1n) is 7.72. The Morgan fingerprint density at radius 1 is 1.08 bits per heavy atom. The van der Waals surface area contributed by atoms with Gasteiger partial charge in [-0.25, -0.2) is 0 Å². The van der Waals surface area contributed by atoms with Crippen LogP contribution < -0.4 is 10.6 Å². The molecule has 0 aliphatic carbocycles. The van der Waals surface area contributed by atoms with Gasteiger partial charge in [-0.3, -0.25) is 14.3 Å². The van der Waals surface area contributed by atoms with Crippen LogP contribution in [0.15, 0.2) is 47.1 Å². The fourth-order valence-corrected chi connectivity index (χ4v) is 2.46. The summed E-state index contributed by atoms with van der Waals surface area (Å²) in [6.45, 7) is 3.79. The number of rotatable bonds is 4. The first kappa shape index (κ1) is 16.5. The van der Waals surface area contributed by atoms with E-state index in [1.165, 1.54) is 6.26 Å². The lowest BCUT2D eigenvalue weighted by molar-refractivity contribution is 0.0993. The van der Waals surface area contributed by atoms with Crippen LogP contribution in [0.4, 0.5) is 11.5 Å². The van der Waals surface area contributed by atoms with Crippen molar-refractivity contribution in [3.63, 3.8) is 0 Å². The summed E-state index contributed by atoms with van der Waals surface area (Å²) in [6.07, 6.45) is 1.43. The molecule has 25 heavy (non-hydrogen) atoms. The first-order valence-corrected chi connectivity index (χ1v) is 7.72. The highest BCUT2D eigenvalue weighted by Crippen LogP contribution is 2.19. The van der Waals surface area contributed by atoms with Crippen molar-refractivity contribution >= 4 is 23.3 Å². The lowest BCUT2D eigenvalue weighted by Crippen LogP contribution is -2.16. The Hall–Kier alpha value is -3.35. The quantitative estimate of drug-likeness (QED) is 0.765. The van der Waals surface area contributed by atoms with Gasteiger partial charge < -0.3 is 15.1 Å². The predicted octanol–water partition coefficient (Wildman–Crippen LogP) is 3.13. The largest absolute Gasteiger partial charge is 0.459 e. The minimum Gasteiger partial charge on any atom is -0.459 e. The van der Waals surface area contributed by atoms with E-state index < -0.39 is 0 Å². The summed E-state index contributed by atoms with van der Waals surface area (Å²) in [4.78, 5) is 24.5. The zero-order chi connectivity index (χ0) is 18.0. The van der Waals surface area contributed by atoms with E-state index >= 15 is 0 Å². The molecule has 0 saturated heterocycles. The molecule has 0 radical (unpaired) electrons. The Balaban J connectivity index is 1.76. The van der Waals surface area contributed by atoms with E-state index in [1.54, 1.807) is 48.1 Å². The molecule has 0 bridgehead atoms. The van der Waals surface area contributed by atoms with Crippen LogP contribution in [0.1, 0.15) is 32.2 Å². The number of hydrogen-bond donors (Lipinski definition) is 2. The minimum atomic E-state index is -0.374. The maximum absolute atomic E-state index is 12.5. The monoisotopic (exact) mass is 338 g/mol. The molecule has 0 saturated carbocycles. The molecule has 2 aromatic heterocycles. The number of anilines is 2. The summed E-state index contributed by atoms with van der Waals surface area (Å²) < 4.78 is 6.68. The summed E-state index contributed by atoms with van der Waals surface area (Å²) in [5.74, 6) is 0.198. The SMILES string of the molecule is Cc1nn(C)c(NC(=O)c2cccc(NC(=O)c3ccco3)c2)c1C. The predicted molar refractivity (Wildman–Crippen MR) is 93.7 cm³/mol. The standard InChI is InChI=1S/C18H18N4O3/c1-11-12(2)21-22(3)16(11)20-17(23)13-6-4-7-14(10-13)19-18(24)15-8-5-9-25-15/h4-10H,1-3H3,(H,19,24)(H,20,23). The van der Waals surface area contributed by atoms with Gasteiger partial charge in [-0.2, -0.15) is 5.10 Å². The van der Waals surface area contributed by atoms with Crippen molar-refractivity contribution in [3.05, 3.63) is 65.2 Å². The van der Waals surface area contributed by atoms with E-state index in [2.05, 4.69) is 15.7 Å².